The predicted molar refractivity (Wildman–Crippen MR) is 108 cm³/mol. The lowest BCUT2D eigenvalue weighted by Gasteiger charge is -2.34. The molecule has 1 fully saturated rings. The Balaban J connectivity index is 1.32. The molecule has 0 spiro atoms. The Morgan fingerprint density at radius 2 is 1.84 bits per heavy atom. The zero-order chi connectivity index (χ0) is 21.8. The Kier molecular flexibility index (Phi) is 5.94. The van der Waals surface area contributed by atoms with E-state index in [9.17, 15) is 19.3 Å². The molecule has 0 N–H and O–H groups in total. The molecule has 31 heavy (non-hydrogen) atoms. The third-order valence-electron chi connectivity index (χ3n) is 5.18. The Bertz CT molecular complexity index is 1080. The lowest BCUT2D eigenvalue weighted by molar-refractivity contribution is -0.384. The van der Waals surface area contributed by atoms with Crippen molar-refractivity contribution >= 4 is 11.6 Å². The number of carbonyl (C=O) groups excluding carboxylic acids is 1. The van der Waals surface area contributed by atoms with Crippen LogP contribution < -0.4 is 0 Å². The van der Waals surface area contributed by atoms with Crippen molar-refractivity contribution < 1.29 is 14.1 Å². The highest BCUT2D eigenvalue weighted by atomic mass is 19.1. The monoisotopic (exact) mass is 425 g/mol. The van der Waals surface area contributed by atoms with Crippen LogP contribution in [0.3, 0.4) is 0 Å². The summed E-state index contributed by atoms with van der Waals surface area (Å²) in [6.07, 6.45) is 0.204. The molecule has 0 atom stereocenters. The number of halogens is 1. The molecule has 0 radical (unpaired) electrons. The minimum atomic E-state index is -0.463. The van der Waals surface area contributed by atoms with Crippen LogP contribution in [0.2, 0.25) is 0 Å². The Morgan fingerprint density at radius 3 is 2.52 bits per heavy atom. The molecule has 2 aromatic carbocycles. The first-order valence-electron chi connectivity index (χ1n) is 9.76. The maximum absolute atomic E-state index is 13.5. The first-order valence-corrected chi connectivity index (χ1v) is 9.76. The molecule has 1 aliphatic heterocycles. The molecule has 4 rings (SSSR count). The number of nitrogens with zero attached hydrogens (tertiary/aromatic N) is 7. The molecule has 0 unspecified atom stereocenters. The molecule has 1 aromatic heterocycles. The number of rotatable bonds is 6. The highest BCUT2D eigenvalue weighted by molar-refractivity contribution is 5.79. The zero-order valence-electron chi connectivity index (χ0n) is 16.6. The molecular weight excluding hydrogens is 405 g/mol. The molecule has 0 saturated carbocycles. The van der Waals surface area contributed by atoms with E-state index < -0.39 is 4.92 Å². The van der Waals surface area contributed by atoms with Crippen molar-refractivity contribution in [2.24, 2.45) is 0 Å². The van der Waals surface area contributed by atoms with Gasteiger partial charge < -0.3 is 4.90 Å². The fourth-order valence-electron chi connectivity index (χ4n) is 3.49. The van der Waals surface area contributed by atoms with Gasteiger partial charge in [-0.05, 0) is 34.2 Å². The Hall–Kier alpha value is -3.73. The lowest BCUT2D eigenvalue weighted by Crippen LogP contribution is -2.48. The van der Waals surface area contributed by atoms with E-state index in [1.54, 1.807) is 29.2 Å². The summed E-state index contributed by atoms with van der Waals surface area (Å²) < 4.78 is 15.0. The number of hydrogen-bond acceptors (Lipinski definition) is 7. The summed E-state index contributed by atoms with van der Waals surface area (Å²) >= 11 is 0. The van der Waals surface area contributed by atoms with Gasteiger partial charge in [0.15, 0.2) is 5.82 Å². The average Bonchev–Trinajstić information content (AvgIpc) is 3.23. The van der Waals surface area contributed by atoms with Crippen LogP contribution in [0.25, 0.3) is 5.69 Å². The molecule has 3 aromatic rings. The summed E-state index contributed by atoms with van der Waals surface area (Å²) in [5, 5.41) is 22.5. The van der Waals surface area contributed by atoms with Crippen molar-refractivity contribution in [3.8, 4) is 5.69 Å². The number of piperazine rings is 1. The van der Waals surface area contributed by atoms with Gasteiger partial charge in [0.05, 0.1) is 23.6 Å². The number of nitro benzene ring substituents is 1. The molecule has 2 heterocycles. The fourth-order valence-corrected chi connectivity index (χ4v) is 3.49. The third-order valence-corrected chi connectivity index (χ3v) is 5.18. The summed E-state index contributed by atoms with van der Waals surface area (Å²) in [4.78, 5) is 26.8. The molecule has 1 aliphatic rings. The van der Waals surface area contributed by atoms with Crippen molar-refractivity contribution in [1.29, 1.82) is 0 Å². The van der Waals surface area contributed by atoms with Crippen LogP contribution in [-0.4, -0.2) is 67.0 Å². The molecule has 1 saturated heterocycles. The average molecular weight is 425 g/mol. The summed E-state index contributed by atoms with van der Waals surface area (Å²) in [7, 11) is 0. The van der Waals surface area contributed by atoms with Crippen molar-refractivity contribution in [1.82, 2.24) is 30.0 Å². The maximum Gasteiger partial charge on any atom is 0.269 e. The Labute approximate surface area is 177 Å². The summed E-state index contributed by atoms with van der Waals surface area (Å²) in [5.74, 6) is 0.216. The summed E-state index contributed by atoms with van der Waals surface area (Å²) in [5.41, 5.74) is 1.30. The van der Waals surface area contributed by atoms with Gasteiger partial charge in [-0.2, -0.15) is 4.68 Å². The van der Waals surface area contributed by atoms with Crippen LogP contribution in [0, 0.1) is 15.9 Å². The second-order valence-corrected chi connectivity index (χ2v) is 7.24. The molecular formula is C20H20FN7O3. The maximum atomic E-state index is 13.5. The number of non-ortho nitro benzene ring substituents is 1. The van der Waals surface area contributed by atoms with Crippen LogP contribution >= 0.6 is 0 Å². The normalized spacial score (nSPS) is 14.5. The van der Waals surface area contributed by atoms with Crippen LogP contribution in [0.4, 0.5) is 10.1 Å². The number of aromatic nitrogens is 4. The van der Waals surface area contributed by atoms with Crippen molar-refractivity contribution in [2.75, 3.05) is 26.2 Å². The number of benzene rings is 2. The molecule has 0 aliphatic carbocycles. The van der Waals surface area contributed by atoms with Crippen molar-refractivity contribution in [2.45, 2.75) is 13.0 Å². The molecule has 11 heteroatoms. The smallest absolute Gasteiger partial charge is 0.269 e. The zero-order valence-corrected chi connectivity index (χ0v) is 16.6. The quantitative estimate of drug-likeness (QED) is 0.436. The Morgan fingerprint density at radius 1 is 1.10 bits per heavy atom. The van der Waals surface area contributed by atoms with Crippen LogP contribution in [0.15, 0.2) is 48.5 Å². The number of amides is 1. The predicted octanol–water partition coefficient (Wildman–Crippen LogP) is 1.60. The van der Waals surface area contributed by atoms with Gasteiger partial charge in [0, 0.05) is 38.3 Å². The fraction of sp³-hybridized carbons (Fsp3) is 0.300. The van der Waals surface area contributed by atoms with Crippen molar-refractivity contribution in [3.63, 3.8) is 0 Å². The second-order valence-electron chi connectivity index (χ2n) is 7.24. The topological polar surface area (TPSA) is 110 Å². The standard InChI is InChI=1S/C20H20FN7O3/c21-16-2-1-3-18(13-16)27-19(22-23-24-27)14-25-8-10-26(11-9-25)20(29)12-15-4-6-17(7-5-15)28(30)31/h1-7,13H,8-12,14H2. The van der Waals surface area contributed by atoms with Gasteiger partial charge in [0.25, 0.3) is 5.69 Å². The summed E-state index contributed by atoms with van der Waals surface area (Å²) in [6.45, 7) is 2.92. The number of carbonyl (C=O) groups is 1. The first kappa shape index (κ1) is 20.5. The van der Waals surface area contributed by atoms with E-state index in [4.69, 9.17) is 0 Å². The van der Waals surface area contributed by atoms with E-state index in [0.29, 0.717) is 44.2 Å². The third kappa shape index (κ3) is 4.89. The van der Waals surface area contributed by atoms with Gasteiger partial charge in [0.1, 0.15) is 5.82 Å². The van der Waals surface area contributed by atoms with E-state index >= 15 is 0 Å². The number of nitro groups is 1. The molecule has 10 nitrogen and oxygen atoms in total. The molecule has 1 amide bonds. The van der Waals surface area contributed by atoms with Crippen molar-refractivity contribution in [3.05, 3.63) is 75.9 Å². The van der Waals surface area contributed by atoms with Crippen LogP contribution in [0.1, 0.15) is 11.4 Å². The lowest BCUT2D eigenvalue weighted by atomic mass is 10.1. The second kappa shape index (κ2) is 8.96. The van der Waals surface area contributed by atoms with E-state index in [1.165, 1.54) is 28.9 Å². The molecule has 160 valence electrons. The van der Waals surface area contributed by atoms with Gasteiger partial charge in [0.2, 0.25) is 5.91 Å². The van der Waals surface area contributed by atoms with E-state index in [0.717, 1.165) is 5.56 Å². The van der Waals surface area contributed by atoms with Gasteiger partial charge in [-0.15, -0.1) is 5.10 Å². The highest BCUT2D eigenvalue weighted by Crippen LogP contribution is 2.15. The number of tetrazole rings is 1. The highest BCUT2D eigenvalue weighted by Gasteiger charge is 2.23. The van der Waals surface area contributed by atoms with E-state index in [2.05, 4.69) is 20.4 Å². The van der Waals surface area contributed by atoms with E-state index in [1.807, 2.05) is 0 Å². The van der Waals surface area contributed by atoms with Gasteiger partial charge in [-0.1, -0.05) is 18.2 Å². The van der Waals surface area contributed by atoms with Gasteiger partial charge in [-0.3, -0.25) is 19.8 Å². The minimum Gasteiger partial charge on any atom is -0.340 e. The van der Waals surface area contributed by atoms with Gasteiger partial charge in [-0.25, -0.2) is 4.39 Å². The molecule has 0 bridgehead atoms. The van der Waals surface area contributed by atoms with Crippen LogP contribution in [-0.2, 0) is 17.8 Å². The largest absolute Gasteiger partial charge is 0.340 e. The minimum absolute atomic E-state index is 0.00499. The van der Waals surface area contributed by atoms with Crippen LogP contribution in [0.5, 0.6) is 0 Å². The number of hydrogen-bond donors (Lipinski definition) is 0. The first-order chi connectivity index (χ1) is 15.0. The van der Waals surface area contributed by atoms with E-state index in [-0.39, 0.29) is 23.8 Å². The summed E-state index contributed by atoms with van der Waals surface area (Å²) in [6, 6.07) is 12.1. The van der Waals surface area contributed by atoms with Gasteiger partial charge >= 0.3 is 0 Å². The SMILES string of the molecule is O=C(Cc1ccc([N+](=O)[O-])cc1)N1CCN(Cc2nnnn2-c2cccc(F)c2)CC1.